The monoisotopic (exact) mass is 337 g/mol. The summed E-state index contributed by atoms with van der Waals surface area (Å²) in [5, 5.41) is 3.63. The van der Waals surface area contributed by atoms with Crippen molar-refractivity contribution in [1.29, 1.82) is 0 Å². The highest BCUT2D eigenvalue weighted by Crippen LogP contribution is 2.42. The molecule has 24 heavy (non-hydrogen) atoms. The van der Waals surface area contributed by atoms with Crippen molar-refractivity contribution in [3.05, 3.63) is 41.5 Å². The molecule has 0 unspecified atom stereocenters. The van der Waals surface area contributed by atoms with Gasteiger partial charge in [0.15, 0.2) is 12.4 Å². The molecule has 0 spiro atoms. The summed E-state index contributed by atoms with van der Waals surface area (Å²) in [7, 11) is 3.12. The topological polar surface area (TPSA) is 68.5 Å². The molecule has 1 aromatic heterocycles. The summed E-state index contributed by atoms with van der Waals surface area (Å²) >= 11 is 0. The minimum absolute atomic E-state index is 0.0936. The number of alkyl halides is 2. The number of likely N-dealkylation sites (N-methyl/N-ethyl adjacent to an activating group) is 1. The number of para-hydroxylation sites is 1. The molecule has 1 aliphatic carbocycles. The molecule has 1 heterocycles. The van der Waals surface area contributed by atoms with Crippen molar-refractivity contribution in [1.82, 2.24) is 15.0 Å². The molecule has 3 rings (SSSR count). The van der Waals surface area contributed by atoms with Crippen LogP contribution >= 0.6 is 0 Å². The molecule has 6 nitrogen and oxygen atoms in total. The standard InChI is InChI=1S/C16H17F2N3O3/c1-21(2)13(22)9-23-12-6-4-3-5-11(12)16(17,18)15-19-14(20-24-15)10-7-8-10/h3-6,10H,7-9H2,1-2H3. The molecule has 1 aliphatic rings. The van der Waals surface area contributed by atoms with Crippen molar-refractivity contribution in [2.45, 2.75) is 24.7 Å². The van der Waals surface area contributed by atoms with E-state index in [4.69, 9.17) is 9.26 Å². The molecule has 0 N–H and O–H groups in total. The number of rotatable bonds is 6. The molecule has 1 amide bonds. The molecule has 0 aliphatic heterocycles. The Morgan fingerprint density at radius 3 is 2.75 bits per heavy atom. The maximum atomic E-state index is 14.8. The van der Waals surface area contributed by atoms with Gasteiger partial charge in [-0.2, -0.15) is 13.8 Å². The van der Waals surface area contributed by atoms with Crippen molar-refractivity contribution in [3.8, 4) is 5.75 Å². The third-order valence-electron chi connectivity index (χ3n) is 3.73. The van der Waals surface area contributed by atoms with Crippen LogP contribution in [0.3, 0.4) is 0 Å². The molecule has 0 radical (unpaired) electrons. The summed E-state index contributed by atoms with van der Waals surface area (Å²) in [5.74, 6) is -4.27. The Bertz CT molecular complexity index is 742. The zero-order valence-corrected chi connectivity index (χ0v) is 13.3. The van der Waals surface area contributed by atoms with Gasteiger partial charge in [-0.25, -0.2) is 0 Å². The van der Waals surface area contributed by atoms with E-state index in [1.807, 2.05) is 0 Å². The maximum Gasteiger partial charge on any atom is 0.353 e. The van der Waals surface area contributed by atoms with E-state index in [9.17, 15) is 13.6 Å². The molecule has 128 valence electrons. The van der Waals surface area contributed by atoms with Crippen LogP contribution in [-0.2, 0) is 10.7 Å². The second-order valence-corrected chi connectivity index (χ2v) is 5.88. The number of aromatic nitrogens is 2. The minimum Gasteiger partial charge on any atom is -0.483 e. The highest BCUT2D eigenvalue weighted by molar-refractivity contribution is 5.77. The van der Waals surface area contributed by atoms with Crippen molar-refractivity contribution in [3.63, 3.8) is 0 Å². The number of benzene rings is 1. The Labute approximate surface area is 137 Å². The molecule has 1 aromatic carbocycles. The van der Waals surface area contributed by atoms with E-state index >= 15 is 0 Å². The predicted octanol–water partition coefficient (Wildman–Crippen LogP) is 2.55. The molecule has 1 fully saturated rings. The van der Waals surface area contributed by atoms with Crippen LogP contribution in [0.25, 0.3) is 0 Å². The molecular weight excluding hydrogens is 320 g/mol. The van der Waals surface area contributed by atoms with Gasteiger partial charge in [0.2, 0.25) is 0 Å². The van der Waals surface area contributed by atoms with Crippen LogP contribution in [0.2, 0.25) is 0 Å². The minimum atomic E-state index is -3.50. The number of ether oxygens (including phenoxy) is 1. The fourth-order valence-corrected chi connectivity index (χ4v) is 2.11. The lowest BCUT2D eigenvalue weighted by Gasteiger charge is -2.17. The van der Waals surface area contributed by atoms with E-state index in [0.29, 0.717) is 5.82 Å². The summed E-state index contributed by atoms with van der Waals surface area (Å²) in [6, 6.07) is 5.61. The van der Waals surface area contributed by atoms with Crippen molar-refractivity contribution in [2.75, 3.05) is 20.7 Å². The first-order valence-electron chi connectivity index (χ1n) is 7.54. The first-order valence-corrected chi connectivity index (χ1v) is 7.54. The van der Waals surface area contributed by atoms with E-state index in [1.165, 1.54) is 23.1 Å². The van der Waals surface area contributed by atoms with Gasteiger partial charge in [-0.3, -0.25) is 4.79 Å². The van der Waals surface area contributed by atoms with Gasteiger partial charge in [0.1, 0.15) is 5.75 Å². The molecule has 1 saturated carbocycles. The Kier molecular flexibility index (Phi) is 4.21. The van der Waals surface area contributed by atoms with E-state index in [1.54, 1.807) is 20.2 Å². The molecule has 2 aromatic rings. The Morgan fingerprint density at radius 1 is 1.38 bits per heavy atom. The Morgan fingerprint density at radius 2 is 2.08 bits per heavy atom. The van der Waals surface area contributed by atoms with E-state index in [-0.39, 0.29) is 24.2 Å². The van der Waals surface area contributed by atoms with Crippen molar-refractivity contribution < 1.29 is 22.8 Å². The summed E-state index contributed by atoms with van der Waals surface area (Å²) in [5.41, 5.74) is -0.414. The normalized spacial score (nSPS) is 14.5. The molecule has 0 atom stereocenters. The number of amides is 1. The van der Waals surface area contributed by atoms with Crippen LogP contribution in [0.5, 0.6) is 5.75 Å². The molecule has 0 bridgehead atoms. The van der Waals surface area contributed by atoms with E-state index in [2.05, 4.69) is 10.1 Å². The van der Waals surface area contributed by atoms with Crippen LogP contribution < -0.4 is 4.74 Å². The van der Waals surface area contributed by atoms with Crippen molar-refractivity contribution >= 4 is 5.91 Å². The predicted molar refractivity (Wildman–Crippen MR) is 79.9 cm³/mol. The first kappa shape index (κ1) is 16.4. The van der Waals surface area contributed by atoms with Gasteiger partial charge in [0.05, 0.1) is 5.56 Å². The van der Waals surface area contributed by atoms with Gasteiger partial charge in [-0.15, -0.1) is 0 Å². The summed E-state index contributed by atoms with van der Waals surface area (Å²) in [6.07, 6.45) is 1.77. The Balaban J connectivity index is 1.85. The number of carbonyl (C=O) groups is 1. The summed E-state index contributed by atoms with van der Waals surface area (Å²) in [6.45, 7) is -0.336. The molecule has 8 heteroatoms. The third kappa shape index (κ3) is 3.22. The van der Waals surface area contributed by atoms with Gasteiger partial charge >= 0.3 is 11.8 Å². The highest BCUT2D eigenvalue weighted by atomic mass is 19.3. The molecule has 0 saturated heterocycles. The van der Waals surface area contributed by atoms with Crippen molar-refractivity contribution in [2.24, 2.45) is 0 Å². The van der Waals surface area contributed by atoms with Crippen LogP contribution in [0, 0.1) is 0 Å². The van der Waals surface area contributed by atoms with Crippen LogP contribution in [0.1, 0.15) is 36.0 Å². The smallest absolute Gasteiger partial charge is 0.353 e. The number of carbonyl (C=O) groups excluding carboxylic acids is 1. The Hall–Kier alpha value is -2.51. The zero-order chi connectivity index (χ0) is 17.3. The number of hydrogen-bond acceptors (Lipinski definition) is 5. The average Bonchev–Trinajstić information content (AvgIpc) is 3.29. The van der Waals surface area contributed by atoms with Gasteiger partial charge in [-0.05, 0) is 25.0 Å². The van der Waals surface area contributed by atoms with Gasteiger partial charge in [0.25, 0.3) is 5.91 Å². The quantitative estimate of drug-likeness (QED) is 0.810. The summed E-state index contributed by atoms with van der Waals surface area (Å²) < 4.78 is 39.6. The van der Waals surface area contributed by atoms with Crippen LogP contribution in [0.15, 0.2) is 28.8 Å². The SMILES string of the molecule is CN(C)C(=O)COc1ccccc1C(F)(F)c1nc(C2CC2)no1. The van der Waals surface area contributed by atoms with E-state index in [0.717, 1.165) is 12.8 Å². The van der Waals surface area contributed by atoms with Gasteiger partial charge in [-0.1, -0.05) is 17.3 Å². The zero-order valence-electron chi connectivity index (χ0n) is 13.3. The van der Waals surface area contributed by atoms with Crippen LogP contribution in [0.4, 0.5) is 8.78 Å². The number of nitrogens with zero attached hydrogens (tertiary/aromatic N) is 3. The lowest BCUT2D eigenvalue weighted by Crippen LogP contribution is -2.28. The van der Waals surface area contributed by atoms with Crippen LogP contribution in [-0.4, -0.2) is 41.6 Å². The fraction of sp³-hybridized carbons (Fsp3) is 0.438. The average molecular weight is 337 g/mol. The summed E-state index contributed by atoms with van der Waals surface area (Å²) in [4.78, 5) is 16.8. The van der Waals surface area contributed by atoms with Gasteiger partial charge < -0.3 is 14.2 Å². The lowest BCUT2D eigenvalue weighted by atomic mass is 10.1. The number of hydrogen-bond donors (Lipinski definition) is 0. The first-order chi connectivity index (χ1) is 11.4. The highest BCUT2D eigenvalue weighted by Gasteiger charge is 2.44. The largest absolute Gasteiger partial charge is 0.483 e. The fourth-order valence-electron chi connectivity index (χ4n) is 2.11. The number of halogens is 2. The lowest BCUT2D eigenvalue weighted by molar-refractivity contribution is -0.130. The third-order valence-corrected chi connectivity index (χ3v) is 3.73. The van der Waals surface area contributed by atoms with E-state index < -0.39 is 17.4 Å². The van der Waals surface area contributed by atoms with Gasteiger partial charge in [0, 0.05) is 20.0 Å². The second-order valence-electron chi connectivity index (χ2n) is 5.88. The molecular formula is C16H17F2N3O3. The maximum absolute atomic E-state index is 14.8. The second kappa shape index (κ2) is 6.18.